The summed E-state index contributed by atoms with van der Waals surface area (Å²) in [6.07, 6.45) is 7.42. The van der Waals surface area contributed by atoms with E-state index in [0.717, 1.165) is 6.42 Å². The van der Waals surface area contributed by atoms with E-state index in [4.69, 9.17) is 8.85 Å². The molecular formula is C13H15O2Si. The van der Waals surface area contributed by atoms with Gasteiger partial charge in [0, 0.05) is 19.4 Å². The molecule has 1 aromatic carbocycles. The lowest BCUT2D eigenvalue weighted by molar-refractivity contribution is 0.292. The third-order valence-corrected chi connectivity index (χ3v) is 4.25. The molecule has 0 unspecified atom stereocenters. The average Bonchev–Trinajstić information content (AvgIpc) is 2.85. The molecule has 2 nitrogen and oxygen atoms in total. The van der Waals surface area contributed by atoms with Gasteiger partial charge in [-0.2, -0.15) is 0 Å². The molecule has 83 valence electrons. The van der Waals surface area contributed by atoms with E-state index in [1.54, 1.807) is 14.2 Å². The molecular weight excluding hydrogens is 216 g/mol. The summed E-state index contributed by atoms with van der Waals surface area (Å²) in [6, 6.07) is 8.32. The van der Waals surface area contributed by atoms with Crippen LogP contribution in [0, 0.1) is 0 Å². The number of hydrogen-bond acceptors (Lipinski definition) is 2. The zero-order valence-electron chi connectivity index (χ0n) is 9.57. The van der Waals surface area contributed by atoms with Crippen LogP contribution in [0.2, 0.25) is 0 Å². The van der Waals surface area contributed by atoms with Crippen LogP contribution in [0.25, 0.3) is 5.57 Å². The molecule has 0 heterocycles. The molecule has 1 aliphatic carbocycles. The van der Waals surface area contributed by atoms with Crippen LogP contribution in [0.15, 0.2) is 42.5 Å². The molecule has 0 aliphatic heterocycles. The van der Waals surface area contributed by atoms with Gasteiger partial charge in [-0.1, -0.05) is 42.5 Å². The Balaban J connectivity index is 2.37. The second-order valence-corrected chi connectivity index (χ2v) is 5.50. The number of rotatable bonds is 4. The van der Waals surface area contributed by atoms with Gasteiger partial charge < -0.3 is 8.85 Å². The molecule has 0 N–H and O–H groups in total. The fourth-order valence-electron chi connectivity index (χ4n) is 1.89. The number of benzene rings is 1. The highest BCUT2D eigenvalue weighted by Crippen LogP contribution is 2.21. The zero-order chi connectivity index (χ0) is 11.4. The van der Waals surface area contributed by atoms with Crippen LogP contribution < -0.4 is 5.19 Å². The third kappa shape index (κ3) is 2.16. The van der Waals surface area contributed by atoms with Crippen molar-refractivity contribution in [2.75, 3.05) is 14.2 Å². The lowest BCUT2D eigenvalue weighted by Gasteiger charge is -2.14. The summed E-state index contributed by atoms with van der Waals surface area (Å²) in [4.78, 5) is 0. The van der Waals surface area contributed by atoms with Crippen molar-refractivity contribution in [2.45, 2.75) is 6.42 Å². The summed E-state index contributed by atoms with van der Waals surface area (Å²) >= 11 is 0. The number of allylic oxidation sites excluding steroid dienone is 4. The molecule has 0 aromatic heterocycles. The van der Waals surface area contributed by atoms with Crippen molar-refractivity contribution in [1.29, 1.82) is 0 Å². The van der Waals surface area contributed by atoms with Gasteiger partial charge in [-0.25, -0.2) is 0 Å². The second kappa shape index (κ2) is 5.25. The molecule has 0 fully saturated rings. The van der Waals surface area contributed by atoms with E-state index >= 15 is 0 Å². The molecule has 1 aromatic rings. The van der Waals surface area contributed by atoms with Crippen LogP contribution in [0.1, 0.15) is 12.0 Å². The fourth-order valence-corrected chi connectivity index (χ4v) is 3.19. The molecule has 0 bridgehead atoms. The normalized spacial score (nSPS) is 14.6. The maximum atomic E-state index is 5.42. The molecule has 1 aliphatic rings. The second-order valence-electron chi connectivity index (χ2n) is 3.57. The van der Waals surface area contributed by atoms with Gasteiger partial charge in [0.05, 0.1) is 0 Å². The predicted octanol–water partition coefficient (Wildman–Crippen LogP) is 2.02. The maximum absolute atomic E-state index is 5.42. The molecule has 16 heavy (non-hydrogen) atoms. The van der Waals surface area contributed by atoms with Gasteiger partial charge in [-0.15, -0.1) is 0 Å². The van der Waals surface area contributed by atoms with Crippen molar-refractivity contribution >= 4 is 20.0 Å². The van der Waals surface area contributed by atoms with Crippen molar-refractivity contribution in [1.82, 2.24) is 0 Å². The Morgan fingerprint density at radius 2 is 1.88 bits per heavy atom. The van der Waals surface area contributed by atoms with Gasteiger partial charge in [-0.05, 0) is 17.6 Å². The first-order valence-electron chi connectivity index (χ1n) is 5.27. The quantitative estimate of drug-likeness (QED) is 0.738. The average molecular weight is 231 g/mol. The molecule has 0 spiro atoms. The number of hydrogen-bond donors (Lipinski definition) is 0. The largest absolute Gasteiger partial charge is 0.423 e. The molecule has 0 saturated heterocycles. The Bertz CT molecular complexity index is 420. The highest BCUT2D eigenvalue weighted by Gasteiger charge is 2.21. The van der Waals surface area contributed by atoms with Crippen molar-refractivity contribution < 1.29 is 8.85 Å². The van der Waals surface area contributed by atoms with Crippen LogP contribution in [0.4, 0.5) is 0 Å². The van der Waals surface area contributed by atoms with Crippen molar-refractivity contribution in [3.63, 3.8) is 0 Å². The predicted molar refractivity (Wildman–Crippen MR) is 67.6 cm³/mol. The monoisotopic (exact) mass is 231 g/mol. The van der Waals surface area contributed by atoms with Crippen molar-refractivity contribution in [3.8, 4) is 0 Å². The van der Waals surface area contributed by atoms with Gasteiger partial charge in [0.2, 0.25) is 0 Å². The highest BCUT2D eigenvalue weighted by atomic mass is 28.3. The summed E-state index contributed by atoms with van der Waals surface area (Å²) < 4.78 is 10.8. The lowest BCUT2D eigenvalue weighted by Crippen LogP contribution is -2.37. The summed E-state index contributed by atoms with van der Waals surface area (Å²) in [5.74, 6) is 0. The van der Waals surface area contributed by atoms with Crippen LogP contribution in [0.5, 0.6) is 0 Å². The van der Waals surface area contributed by atoms with Gasteiger partial charge in [0.1, 0.15) is 0 Å². The fraction of sp³-hybridized carbons (Fsp3) is 0.231. The van der Waals surface area contributed by atoms with Crippen molar-refractivity contribution in [3.05, 3.63) is 48.1 Å². The van der Waals surface area contributed by atoms with E-state index in [-0.39, 0.29) is 0 Å². The van der Waals surface area contributed by atoms with Gasteiger partial charge in [-0.3, -0.25) is 0 Å². The molecule has 2 rings (SSSR count). The van der Waals surface area contributed by atoms with Crippen molar-refractivity contribution in [2.24, 2.45) is 0 Å². The minimum atomic E-state index is -1.34. The Morgan fingerprint density at radius 3 is 2.50 bits per heavy atom. The third-order valence-electron chi connectivity index (χ3n) is 2.63. The minimum absolute atomic E-state index is 1.000. The summed E-state index contributed by atoms with van der Waals surface area (Å²) in [7, 11) is 2.07. The summed E-state index contributed by atoms with van der Waals surface area (Å²) in [6.45, 7) is 0. The molecule has 1 radical (unpaired) electrons. The first-order chi connectivity index (χ1) is 7.86. The van der Waals surface area contributed by atoms with E-state index in [1.165, 1.54) is 16.3 Å². The SMILES string of the molecule is CO[Si](OC)c1ccccc1C1=CC=CC1. The van der Waals surface area contributed by atoms with Crippen LogP contribution in [-0.4, -0.2) is 23.5 Å². The lowest BCUT2D eigenvalue weighted by atomic mass is 10.1. The highest BCUT2D eigenvalue weighted by molar-refractivity contribution is 6.62. The molecule has 0 saturated carbocycles. The smallest absolute Gasteiger partial charge is 0.393 e. The summed E-state index contributed by atoms with van der Waals surface area (Å²) in [5.41, 5.74) is 2.59. The Labute approximate surface area is 98.1 Å². The minimum Gasteiger partial charge on any atom is -0.393 e. The Morgan fingerprint density at radius 1 is 1.12 bits per heavy atom. The van der Waals surface area contributed by atoms with Crippen LogP contribution >= 0.6 is 0 Å². The zero-order valence-corrected chi connectivity index (χ0v) is 10.6. The summed E-state index contributed by atoms with van der Waals surface area (Å²) in [5, 5.41) is 1.19. The first kappa shape index (κ1) is 11.3. The Kier molecular flexibility index (Phi) is 3.72. The maximum Gasteiger partial charge on any atom is 0.423 e. The molecule has 3 heteroatoms. The Hall–Kier alpha value is -1.16. The van der Waals surface area contributed by atoms with Gasteiger partial charge in [0.25, 0.3) is 0 Å². The van der Waals surface area contributed by atoms with E-state index in [2.05, 4.69) is 36.4 Å². The molecule has 0 atom stereocenters. The van der Waals surface area contributed by atoms with Gasteiger partial charge >= 0.3 is 9.28 Å². The standard InChI is InChI=1S/C13H15O2Si/c1-14-16(15-2)13-10-6-5-9-12(13)11-7-3-4-8-11/h3-7,9-10H,8H2,1-2H3. The first-order valence-corrected chi connectivity index (χ1v) is 6.59. The topological polar surface area (TPSA) is 18.5 Å². The van der Waals surface area contributed by atoms with E-state index in [9.17, 15) is 0 Å². The van der Waals surface area contributed by atoms with Gasteiger partial charge in [0.15, 0.2) is 0 Å². The van der Waals surface area contributed by atoms with E-state index in [0.29, 0.717) is 0 Å². The molecule has 0 amide bonds. The van der Waals surface area contributed by atoms with Crippen LogP contribution in [-0.2, 0) is 8.85 Å². The van der Waals surface area contributed by atoms with Crippen LogP contribution in [0.3, 0.4) is 0 Å². The van der Waals surface area contributed by atoms with E-state index < -0.39 is 9.28 Å². The van der Waals surface area contributed by atoms with E-state index in [1.807, 2.05) is 6.07 Å².